The van der Waals surface area contributed by atoms with E-state index in [1.165, 1.54) is 4.88 Å². The van der Waals surface area contributed by atoms with E-state index in [0.29, 0.717) is 11.6 Å². The van der Waals surface area contributed by atoms with Crippen molar-refractivity contribution in [1.82, 2.24) is 4.98 Å². The van der Waals surface area contributed by atoms with Gasteiger partial charge in [-0.05, 0) is 24.4 Å². The lowest BCUT2D eigenvalue weighted by Crippen LogP contribution is -2.31. The molecule has 0 aliphatic rings. The van der Waals surface area contributed by atoms with E-state index in [9.17, 15) is 0 Å². The highest BCUT2D eigenvalue weighted by Gasteiger charge is 2.14. The summed E-state index contributed by atoms with van der Waals surface area (Å²) in [6, 6.07) is 8.51. The van der Waals surface area contributed by atoms with Gasteiger partial charge < -0.3 is 4.90 Å². The van der Waals surface area contributed by atoms with Crippen LogP contribution in [-0.2, 0) is 6.42 Å². The molecule has 3 nitrogen and oxygen atoms in total. The first-order valence-electron chi connectivity index (χ1n) is 5.81. The molecule has 0 spiro atoms. The maximum absolute atomic E-state index is 9.10. The average molecular weight is 257 g/mol. The summed E-state index contributed by atoms with van der Waals surface area (Å²) in [6.45, 7) is 2.16. The first kappa shape index (κ1) is 12.6. The van der Waals surface area contributed by atoms with E-state index in [4.69, 9.17) is 5.26 Å². The van der Waals surface area contributed by atoms with Crippen molar-refractivity contribution in [2.24, 2.45) is 0 Å². The second-order valence-electron chi connectivity index (χ2n) is 4.25. The van der Waals surface area contributed by atoms with Crippen LogP contribution in [0.25, 0.3) is 0 Å². The molecule has 2 aromatic rings. The van der Waals surface area contributed by atoms with Crippen molar-refractivity contribution in [3.8, 4) is 6.07 Å². The molecule has 0 aromatic carbocycles. The Morgan fingerprint density at radius 2 is 2.33 bits per heavy atom. The van der Waals surface area contributed by atoms with Gasteiger partial charge in [0.05, 0.1) is 17.4 Å². The van der Waals surface area contributed by atoms with Crippen molar-refractivity contribution < 1.29 is 0 Å². The molecule has 0 saturated heterocycles. The number of likely N-dealkylation sites (N-methyl/N-ethyl adjacent to an activating group) is 1. The first-order chi connectivity index (χ1) is 8.72. The van der Waals surface area contributed by atoms with Crippen LogP contribution in [0.1, 0.15) is 17.4 Å². The molecule has 0 bridgehead atoms. The molecule has 0 N–H and O–H groups in total. The zero-order valence-electron chi connectivity index (χ0n) is 10.5. The van der Waals surface area contributed by atoms with Crippen LogP contribution >= 0.6 is 11.3 Å². The number of pyridine rings is 1. The molecule has 2 aromatic heterocycles. The summed E-state index contributed by atoms with van der Waals surface area (Å²) in [5.74, 6) is 0. The largest absolute Gasteiger partial charge is 0.369 e. The van der Waals surface area contributed by atoms with Gasteiger partial charge in [0.2, 0.25) is 0 Å². The lowest BCUT2D eigenvalue weighted by molar-refractivity contribution is 0.686. The van der Waals surface area contributed by atoms with Crippen LogP contribution in [0.4, 0.5) is 5.69 Å². The Morgan fingerprint density at radius 1 is 1.50 bits per heavy atom. The highest BCUT2D eigenvalue weighted by molar-refractivity contribution is 7.09. The molecule has 4 heteroatoms. The fraction of sp³-hybridized carbons (Fsp3) is 0.286. The second-order valence-corrected chi connectivity index (χ2v) is 5.28. The number of anilines is 1. The minimum absolute atomic E-state index is 0.333. The molecule has 92 valence electrons. The van der Waals surface area contributed by atoms with Crippen LogP contribution in [0, 0.1) is 11.3 Å². The standard InChI is InChI=1S/C14H15N3S/c1-11(8-13-4-3-7-18-13)17(2)14-10-16-6-5-12(14)9-15/h3-7,10-11H,8H2,1-2H3. The van der Waals surface area contributed by atoms with Gasteiger partial charge in [0, 0.05) is 30.6 Å². The lowest BCUT2D eigenvalue weighted by Gasteiger charge is -2.27. The monoisotopic (exact) mass is 257 g/mol. The van der Waals surface area contributed by atoms with Crippen LogP contribution < -0.4 is 4.90 Å². The molecular formula is C14H15N3S. The maximum atomic E-state index is 9.10. The molecule has 0 aliphatic heterocycles. The van der Waals surface area contributed by atoms with Crippen LogP contribution in [0.2, 0.25) is 0 Å². The average Bonchev–Trinajstić information content (AvgIpc) is 2.90. The van der Waals surface area contributed by atoms with E-state index in [-0.39, 0.29) is 0 Å². The minimum atomic E-state index is 0.333. The van der Waals surface area contributed by atoms with Gasteiger partial charge >= 0.3 is 0 Å². The van der Waals surface area contributed by atoms with Gasteiger partial charge in [0.25, 0.3) is 0 Å². The smallest absolute Gasteiger partial charge is 0.101 e. The highest BCUT2D eigenvalue weighted by Crippen LogP contribution is 2.21. The highest BCUT2D eigenvalue weighted by atomic mass is 32.1. The quantitative estimate of drug-likeness (QED) is 0.845. The van der Waals surface area contributed by atoms with Crippen LogP contribution in [0.5, 0.6) is 0 Å². The third-order valence-corrected chi connectivity index (χ3v) is 3.94. The van der Waals surface area contributed by atoms with Gasteiger partial charge in [0.1, 0.15) is 6.07 Å². The number of thiophene rings is 1. The zero-order valence-corrected chi connectivity index (χ0v) is 11.3. The summed E-state index contributed by atoms with van der Waals surface area (Å²) in [4.78, 5) is 7.58. The summed E-state index contributed by atoms with van der Waals surface area (Å²) in [6.07, 6.45) is 4.39. The Morgan fingerprint density at radius 3 is 3.00 bits per heavy atom. The lowest BCUT2D eigenvalue weighted by atomic mass is 10.1. The number of hydrogen-bond acceptors (Lipinski definition) is 4. The second kappa shape index (κ2) is 5.65. The summed E-state index contributed by atoms with van der Waals surface area (Å²) in [7, 11) is 2.01. The minimum Gasteiger partial charge on any atom is -0.369 e. The molecule has 2 rings (SSSR count). The maximum Gasteiger partial charge on any atom is 0.101 e. The topological polar surface area (TPSA) is 39.9 Å². The Kier molecular flexibility index (Phi) is 3.96. The van der Waals surface area contributed by atoms with Crippen LogP contribution in [-0.4, -0.2) is 18.1 Å². The number of nitriles is 1. The van der Waals surface area contributed by atoms with Gasteiger partial charge in [-0.3, -0.25) is 4.98 Å². The van der Waals surface area contributed by atoms with Crippen molar-refractivity contribution in [2.75, 3.05) is 11.9 Å². The van der Waals surface area contributed by atoms with E-state index < -0.39 is 0 Å². The molecule has 0 fully saturated rings. The third kappa shape index (κ3) is 2.69. The summed E-state index contributed by atoms with van der Waals surface area (Å²) < 4.78 is 0. The SMILES string of the molecule is CC(Cc1cccs1)N(C)c1cnccc1C#N. The Labute approximate surface area is 111 Å². The van der Waals surface area contributed by atoms with E-state index in [2.05, 4.69) is 40.4 Å². The molecular weight excluding hydrogens is 242 g/mol. The molecule has 0 aliphatic carbocycles. The number of hydrogen-bond donors (Lipinski definition) is 0. The normalized spacial score (nSPS) is 11.8. The fourth-order valence-corrected chi connectivity index (χ4v) is 2.68. The van der Waals surface area contributed by atoms with Crippen molar-refractivity contribution in [2.45, 2.75) is 19.4 Å². The van der Waals surface area contributed by atoms with E-state index >= 15 is 0 Å². The molecule has 0 saturated carbocycles. The van der Waals surface area contributed by atoms with Crippen LogP contribution in [0.15, 0.2) is 36.0 Å². The van der Waals surface area contributed by atoms with Crippen LogP contribution in [0.3, 0.4) is 0 Å². The van der Waals surface area contributed by atoms with E-state index in [0.717, 1.165) is 12.1 Å². The summed E-state index contributed by atoms with van der Waals surface area (Å²) in [5, 5.41) is 11.2. The number of nitrogens with zero attached hydrogens (tertiary/aromatic N) is 3. The Balaban J connectivity index is 2.15. The van der Waals surface area contributed by atoms with E-state index in [1.54, 1.807) is 29.8 Å². The molecule has 18 heavy (non-hydrogen) atoms. The molecule has 2 heterocycles. The van der Waals surface area contributed by atoms with Gasteiger partial charge in [-0.1, -0.05) is 6.07 Å². The summed E-state index contributed by atoms with van der Waals surface area (Å²) >= 11 is 1.77. The van der Waals surface area contributed by atoms with Gasteiger partial charge in [-0.2, -0.15) is 5.26 Å². The first-order valence-corrected chi connectivity index (χ1v) is 6.69. The van der Waals surface area contributed by atoms with Gasteiger partial charge in [-0.15, -0.1) is 11.3 Å². The van der Waals surface area contributed by atoms with Crippen molar-refractivity contribution >= 4 is 17.0 Å². The molecule has 1 atom stereocenters. The fourth-order valence-electron chi connectivity index (χ4n) is 1.86. The molecule has 0 amide bonds. The zero-order chi connectivity index (χ0) is 13.0. The van der Waals surface area contributed by atoms with Crippen molar-refractivity contribution in [1.29, 1.82) is 5.26 Å². The van der Waals surface area contributed by atoms with Gasteiger partial charge in [-0.25, -0.2) is 0 Å². The van der Waals surface area contributed by atoms with Crippen molar-refractivity contribution in [3.05, 3.63) is 46.4 Å². The summed E-state index contributed by atoms with van der Waals surface area (Å²) in [5.41, 5.74) is 1.56. The predicted octanol–water partition coefficient (Wildman–Crippen LogP) is 3.08. The number of rotatable bonds is 4. The van der Waals surface area contributed by atoms with E-state index in [1.807, 2.05) is 7.05 Å². The predicted molar refractivity (Wildman–Crippen MR) is 74.8 cm³/mol. The molecule has 0 radical (unpaired) electrons. The van der Waals surface area contributed by atoms with Gasteiger partial charge in [0.15, 0.2) is 0 Å². The third-order valence-electron chi connectivity index (χ3n) is 3.04. The Bertz CT molecular complexity index is 542. The van der Waals surface area contributed by atoms with Crippen molar-refractivity contribution in [3.63, 3.8) is 0 Å². The number of aromatic nitrogens is 1. The Hall–Kier alpha value is -1.86. The molecule has 1 unspecified atom stereocenters.